The van der Waals surface area contributed by atoms with E-state index in [1.807, 2.05) is 21.1 Å². The first-order valence-corrected chi connectivity index (χ1v) is 29.9. The number of phosphoric ester groups is 1. The van der Waals surface area contributed by atoms with Crippen molar-refractivity contribution in [2.45, 2.75) is 264 Å². The lowest BCUT2D eigenvalue weighted by Gasteiger charge is -2.24. The van der Waals surface area contributed by atoms with Gasteiger partial charge in [-0.2, -0.15) is 0 Å². The van der Waals surface area contributed by atoms with E-state index in [0.29, 0.717) is 23.9 Å². The first-order valence-electron chi connectivity index (χ1n) is 28.4. The van der Waals surface area contributed by atoms with Gasteiger partial charge in [0.05, 0.1) is 27.7 Å². The second-order valence-electron chi connectivity index (χ2n) is 20.3. The summed E-state index contributed by atoms with van der Waals surface area (Å²) in [7, 11) is 1.45. The van der Waals surface area contributed by atoms with E-state index in [2.05, 4.69) is 62.5 Å². The van der Waals surface area contributed by atoms with Crippen molar-refractivity contribution < 1.29 is 42.1 Å². The van der Waals surface area contributed by atoms with Crippen molar-refractivity contribution in [1.29, 1.82) is 0 Å². The molecule has 0 aliphatic rings. The summed E-state index contributed by atoms with van der Waals surface area (Å²) in [6.45, 7) is 4.40. The molecular weight excluding hydrogens is 870 g/mol. The Morgan fingerprint density at radius 3 is 1.22 bits per heavy atom. The van der Waals surface area contributed by atoms with Gasteiger partial charge in [0.2, 0.25) is 0 Å². The fourth-order valence-corrected chi connectivity index (χ4v) is 8.69. The molecule has 398 valence electrons. The number of unbranched alkanes of at least 4 members (excludes halogenated alkanes) is 30. The van der Waals surface area contributed by atoms with Crippen molar-refractivity contribution >= 4 is 19.8 Å². The summed E-state index contributed by atoms with van der Waals surface area (Å²) < 4.78 is 34.5. The molecule has 9 nitrogen and oxygen atoms in total. The maximum absolute atomic E-state index is 12.8. The van der Waals surface area contributed by atoms with Gasteiger partial charge in [-0.05, 0) is 51.4 Å². The van der Waals surface area contributed by atoms with Crippen LogP contribution in [0.2, 0.25) is 0 Å². The Morgan fingerprint density at radius 2 is 0.809 bits per heavy atom. The van der Waals surface area contributed by atoms with Gasteiger partial charge >= 0.3 is 19.8 Å². The summed E-state index contributed by atoms with van der Waals surface area (Å²) in [6, 6.07) is 0. The van der Waals surface area contributed by atoms with Crippen LogP contribution in [0, 0.1) is 0 Å². The minimum Gasteiger partial charge on any atom is -0.462 e. The molecule has 68 heavy (non-hydrogen) atoms. The number of hydrogen-bond acceptors (Lipinski definition) is 7. The van der Waals surface area contributed by atoms with Crippen molar-refractivity contribution in [1.82, 2.24) is 0 Å². The molecule has 0 aliphatic heterocycles. The number of hydrogen-bond donors (Lipinski definition) is 1. The third kappa shape index (κ3) is 53.3. The number of likely N-dealkylation sites (N-methyl/N-ethyl adjacent to an activating group) is 1. The lowest BCUT2D eigenvalue weighted by Crippen LogP contribution is -2.37. The Kier molecular flexibility index (Phi) is 48.4. The van der Waals surface area contributed by atoms with Crippen LogP contribution in [0.15, 0.2) is 48.6 Å². The maximum atomic E-state index is 12.8. The fraction of sp³-hybridized carbons (Fsp3) is 0.828. The molecule has 0 spiro atoms. The molecule has 0 saturated heterocycles. The van der Waals surface area contributed by atoms with Gasteiger partial charge in [0.25, 0.3) is 0 Å². The normalized spacial score (nSPS) is 13.7. The highest BCUT2D eigenvalue weighted by atomic mass is 31.2. The van der Waals surface area contributed by atoms with Gasteiger partial charge in [-0.25, -0.2) is 4.57 Å². The van der Waals surface area contributed by atoms with Gasteiger partial charge in [0.1, 0.15) is 19.8 Å². The number of rotatable bonds is 52. The maximum Gasteiger partial charge on any atom is 0.472 e. The second-order valence-corrected chi connectivity index (χ2v) is 21.8. The van der Waals surface area contributed by atoms with Gasteiger partial charge in [0.15, 0.2) is 6.10 Å². The zero-order chi connectivity index (χ0) is 49.9. The largest absolute Gasteiger partial charge is 0.472 e. The molecule has 0 saturated carbocycles. The summed E-state index contributed by atoms with van der Waals surface area (Å²) in [5.41, 5.74) is 0. The van der Waals surface area contributed by atoms with E-state index in [0.717, 1.165) is 38.5 Å². The highest BCUT2D eigenvalue weighted by molar-refractivity contribution is 7.47. The molecule has 0 heterocycles. The highest BCUT2D eigenvalue weighted by Crippen LogP contribution is 2.43. The summed E-state index contributed by atoms with van der Waals surface area (Å²) >= 11 is 0. The summed E-state index contributed by atoms with van der Waals surface area (Å²) in [6.07, 6.45) is 61.9. The van der Waals surface area contributed by atoms with E-state index in [9.17, 15) is 19.0 Å². The van der Waals surface area contributed by atoms with E-state index in [1.54, 1.807) is 0 Å². The molecule has 2 atom stereocenters. The number of nitrogens with zero attached hydrogens (tertiary/aromatic N) is 1. The van der Waals surface area contributed by atoms with Gasteiger partial charge in [-0.3, -0.25) is 18.6 Å². The van der Waals surface area contributed by atoms with Gasteiger partial charge < -0.3 is 18.9 Å². The number of phosphoric acid groups is 1. The molecule has 0 aliphatic carbocycles. The second kappa shape index (κ2) is 49.9. The molecule has 1 N–H and O–H groups in total. The third-order valence-electron chi connectivity index (χ3n) is 12.4. The molecule has 0 aromatic carbocycles. The fourth-order valence-electron chi connectivity index (χ4n) is 7.95. The average Bonchev–Trinajstić information content (AvgIpc) is 3.30. The van der Waals surface area contributed by atoms with Crippen molar-refractivity contribution in [3.63, 3.8) is 0 Å². The standard InChI is InChI=1S/C58H108NO8P/c1-6-8-10-12-14-16-18-20-22-24-26-28-29-31-33-35-37-39-41-43-45-47-49-51-58(61)67-56(55-66-68(62,63)65-53-52-59(3,4)5)54-64-57(60)50-48-46-44-42-40-38-36-34-32-30-27-25-23-21-19-17-15-13-11-9-7-2/h23,25,30,32,36,38,42,44,56H,6-22,24,26-29,31,33-35,37,39-41,43,45-55H2,1-5H3/p+1/b25-23+,32-30+,38-36+,44-42+/t56-/m1/s1. The minimum atomic E-state index is -4.40. The predicted octanol–water partition coefficient (Wildman–Crippen LogP) is 17.4. The van der Waals surface area contributed by atoms with Crippen LogP contribution in [0.5, 0.6) is 0 Å². The smallest absolute Gasteiger partial charge is 0.462 e. The number of ether oxygens (including phenoxy) is 2. The molecule has 0 amide bonds. The number of quaternary nitrogens is 1. The highest BCUT2D eigenvalue weighted by Gasteiger charge is 2.27. The molecule has 0 aromatic heterocycles. The average molecular weight is 979 g/mol. The first kappa shape index (κ1) is 66.0. The molecule has 0 fully saturated rings. The molecule has 0 radical (unpaired) electrons. The topological polar surface area (TPSA) is 108 Å². The van der Waals surface area contributed by atoms with E-state index in [-0.39, 0.29) is 26.1 Å². The molecule has 1 unspecified atom stereocenters. The van der Waals surface area contributed by atoms with Gasteiger partial charge in [-0.15, -0.1) is 0 Å². The van der Waals surface area contributed by atoms with Gasteiger partial charge in [0, 0.05) is 12.8 Å². The van der Waals surface area contributed by atoms with Crippen LogP contribution in [0.25, 0.3) is 0 Å². The molecule has 0 aromatic rings. The van der Waals surface area contributed by atoms with Crippen LogP contribution in [-0.4, -0.2) is 74.9 Å². The van der Waals surface area contributed by atoms with Crippen LogP contribution >= 0.6 is 7.82 Å². The molecule has 0 bridgehead atoms. The Morgan fingerprint density at radius 1 is 0.456 bits per heavy atom. The van der Waals surface area contributed by atoms with Gasteiger partial charge in [-0.1, -0.05) is 242 Å². The lowest BCUT2D eigenvalue weighted by molar-refractivity contribution is -0.870. The van der Waals surface area contributed by atoms with Crippen LogP contribution in [0.1, 0.15) is 258 Å². The zero-order valence-corrected chi connectivity index (χ0v) is 46.0. The van der Waals surface area contributed by atoms with E-state index in [1.165, 1.54) is 180 Å². The number of esters is 2. The van der Waals surface area contributed by atoms with Crippen LogP contribution in [0.3, 0.4) is 0 Å². The monoisotopic (exact) mass is 979 g/mol. The van der Waals surface area contributed by atoms with Crippen LogP contribution < -0.4 is 0 Å². The number of carbonyl (C=O) groups is 2. The zero-order valence-electron chi connectivity index (χ0n) is 45.1. The summed E-state index contributed by atoms with van der Waals surface area (Å²) in [5, 5.41) is 0. The first-order chi connectivity index (χ1) is 33.0. The minimum absolute atomic E-state index is 0.0237. The van der Waals surface area contributed by atoms with Crippen molar-refractivity contribution in [2.24, 2.45) is 0 Å². The van der Waals surface area contributed by atoms with E-state index < -0.39 is 32.5 Å². The van der Waals surface area contributed by atoms with Crippen LogP contribution in [-0.2, 0) is 32.7 Å². The van der Waals surface area contributed by atoms with Crippen LogP contribution in [0.4, 0.5) is 0 Å². The molecule has 0 rings (SSSR count). The Labute approximate surface area is 420 Å². The SMILES string of the molecule is CCCCCCCCC/C=C/C/C=C/C/C=C/C/C=C/CCCC(=O)OC[C@H](COP(=O)(O)OCC[N+](C)(C)C)OC(=O)CCCCCCCCCCCCCCCCCCCCCCCCC. The van der Waals surface area contributed by atoms with E-state index >= 15 is 0 Å². The number of carbonyl (C=O) groups excluding carboxylic acids is 2. The third-order valence-corrected chi connectivity index (χ3v) is 13.3. The quantitative estimate of drug-likeness (QED) is 0.0211. The lowest BCUT2D eigenvalue weighted by atomic mass is 10.0. The summed E-state index contributed by atoms with van der Waals surface area (Å²) in [5.74, 6) is -0.853. The Hall–Kier alpha value is -2.03. The van der Waals surface area contributed by atoms with Crippen molar-refractivity contribution in [3.05, 3.63) is 48.6 Å². The van der Waals surface area contributed by atoms with Crippen molar-refractivity contribution in [2.75, 3.05) is 47.5 Å². The molecular formula is C58H109NO8P+. The number of allylic oxidation sites excluding steroid dienone is 8. The van der Waals surface area contributed by atoms with Crippen molar-refractivity contribution in [3.8, 4) is 0 Å². The predicted molar refractivity (Wildman–Crippen MR) is 289 cm³/mol. The Bertz CT molecular complexity index is 1290. The van der Waals surface area contributed by atoms with E-state index in [4.69, 9.17) is 18.5 Å². The summed E-state index contributed by atoms with van der Waals surface area (Å²) in [4.78, 5) is 35.6. The molecule has 10 heteroatoms. The Balaban J connectivity index is 4.25.